The highest BCUT2D eigenvalue weighted by molar-refractivity contribution is 7.89. The molecule has 0 aliphatic carbocycles. The molecule has 1 aromatic carbocycles. The number of anilines is 1. The van der Waals surface area contributed by atoms with Crippen molar-refractivity contribution < 1.29 is 13.2 Å². The van der Waals surface area contributed by atoms with Gasteiger partial charge in [0.25, 0.3) is 0 Å². The standard InChI is InChI=1S/C8H10N2O3S/c1-13-6-3-2-4-7-8(6)9-5-10-14(7,11)12/h2-4,9-10H,5H2,1H3. The van der Waals surface area contributed by atoms with Crippen LogP contribution in [0.3, 0.4) is 0 Å². The molecular formula is C8H10N2O3S. The second-order valence-electron chi connectivity index (χ2n) is 2.83. The van der Waals surface area contributed by atoms with Crippen LogP contribution in [0.4, 0.5) is 5.69 Å². The van der Waals surface area contributed by atoms with E-state index < -0.39 is 10.0 Å². The Bertz CT molecular complexity index is 456. The van der Waals surface area contributed by atoms with E-state index in [1.165, 1.54) is 13.2 Å². The minimum absolute atomic E-state index is 0.190. The number of sulfonamides is 1. The lowest BCUT2D eigenvalue weighted by molar-refractivity contribution is 0.415. The van der Waals surface area contributed by atoms with Crippen molar-refractivity contribution in [3.05, 3.63) is 18.2 Å². The fraction of sp³-hybridized carbons (Fsp3) is 0.250. The van der Waals surface area contributed by atoms with Crippen molar-refractivity contribution >= 4 is 15.7 Å². The summed E-state index contributed by atoms with van der Waals surface area (Å²) in [5, 5.41) is 2.92. The molecule has 0 saturated heterocycles. The van der Waals surface area contributed by atoms with Crippen LogP contribution in [0.15, 0.2) is 23.1 Å². The summed E-state index contributed by atoms with van der Waals surface area (Å²) in [6.07, 6.45) is 0. The largest absolute Gasteiger partial charge is 0.495 e. The first kappa shape index (κ1) is 9.29. The van der Waals surface area contributed by atoms with E-state index in [2.05, 4.69) is 10.0 Å². The maximum Gasteiger partial charge on any atom is 0.244 e. The van der Waals surface area contributed by atoms with Crippen LogP contribution in [0.5, 0.6) is 5.75 Å². The van der Waals surface area contributed by atoms with Gasteiger partial charge in [-0.25, -0.2) is 8.42 Å². The van der Waals surface area contributed by atoms with Gasteiger partial charge in [0.2, 0.25) is 10.0 Å². The third-order valence-corrected chi connectivity index (χ3v) is 3.47. The fourth-order valence-corrected chi connectivity index (χ4v) is 2.49. The molecule has 0 spiro atoms. The summed E-state index contributed by atoms with van der Waals surface area (Å²) < 4.78 is 30.5. The van der Waals surface area contributed by atoms with Crippen molar-refractivity contribution in [1.82, 2.24) is 4.72 Å². The van der Waals surface area contributed by atoms with Gasteiger partial charge < -0.3 is 10.1 Å². The van der Waals surface area contributed by atoms with Crippen LogP contribution >= 0.6 is 0 Å². The number of ether oxygens (including phenoxy) is 1. The zero-order valence-electron chi connectivity index (χ0n) is 7.57. The van der Waals surface area contributed by atoms with Crippen LogP contribution in [-0.2, 0) is 10.0 Å². The summed E-state index contributed by atoms with van der Waals surface area (Å²) in [6.45, 7) is 0.190. The Morgan fingerprint density at radius 1 is 1.43 bits per heavy atom. The third-order valence-electron chi connectivity index (χ3n) is 2.02. The Morgan fingerprint density at radius 3 is 2.93 bits per heavy atom. The monoisotopic (exact) mass is 214 g/mol. The van der Waals surface area contributed by atoms with Gasteiger partial charge in [-0.2, -0.15) is 4.72 Å². The Kier molecular flexibility index (Phi) is 2.09. The maximum atomic E-state index is 11.5. The first-order valence-corrected chi connectivity index (χ1v) is 5.54. The fourth-order valence-electron chi connectivity index (χ4n) is 1.38. The average Bonchev–Trinajstić information content (AvgIpc) is 2.17. The van der Waals surface area contributed by atoms with Crippen molar-refractivity contribution in [2.75, 3.05) is 19.1 Å². The molecule has 1 aromatic rings. The Balaban J connectivity index is 2.67. The van der Waals surface area contributed by atoms with E-state index in [0.717, 1.165) is 0 Å². The Labute approximate surface area is 82.1 Å². The molecule has 0 saturated carbocycles. The van der Waals surface area contributed by atoms with Gasteiger partial charge in [0.15, 0.2) is 0 Å². The first-order valence-electron chi connectivity index (χ1n) is 4.06. The van der Waals surface area contributed by atoms with Crippen LogP contribution < -0.4 is 14.8 Å². The molecule has 76 valence electrons. The normalized spacial score (nSPS) is 18.1. The van der Waals surface area contributed by atoms with Gasteiger partial charge in [0.05, 0.1) is 19.5 Å². The van der Waals surface area contributed by atoms with Crippen molar-refractivity contribution in [2.45, 2.75) is 4.90 Å². The number of rotatable bonds is 1. The molecule has 0 unspecified atom stereocenters. The minimum Gasteiger partial charge on any atom is -0.495 e. The van der Waals surface area contributed by atoms with Crippen LogP contribution in [0.25, 0.3) is 0 Å². The van der Waals surface area contributed by atoms with Gasteiger partial charge in [-0.15, -0.1) is 0 Å². The molecule has 14 heavy (non-hydrogen) atoms. The molecule has 0 amide bonds. The number of methoxy groups -OCH3 is 1. The number of nitrogens with one attached hydrogen (secondary N) is 2. The molecule has 0 bridgehead atoms. The molecule has 0 fully saturated rings. The van der Waals surface area contributed by atoms with Crippen molar-refractivity contribution in [3.63, 3.8) is 0 Å². The number of para-hydroxylation sites is 1. The molecular weight excluding hydrogens is 204 g/mol. The van der Waals surface area contributed by atoms with E-state index in [1.54, 1.807) is 12.1 Å². The highest BCUT2D eigenvalue weighted by Gasteiger charge is 2.24. The predicted octanol–water partition coefficient (Wildman–Crippen LogP) is 0.356. The van der Waals surface area contributed by atoms with Gasteiger partial charge in [0, 0.05) is 0 Å². The van der Waals surface area contributed by atoms with Crippen LogP contribution in [-0.4, -0.2) is 22.2 Å². The maximum absolute atomic E-state index is 11.5. The van der Waals surface area contributed by atoms with Crippen molar-refractivity contribution in [3.8, 4) is 5.75 Å². The van der Waals surface area contributed by atoms with Crippen LogP contribution in [0, 0.1) is 0 Å². The zero-order valence-corrected chi connectivity index (χ0v) is 8.39. The van der Waals surface area contributed by atoms with Gasteiger partial charge in [-0.05, 0) is 12.1 Å². The smallest absolute Gasteiger partial charge is 0.244 e. The van der Waals surface area contributed by atoms with E-state index in [9.17, 15) is 8.42 Å². The molecule has 0 aromatic heterocycles. The third kappa shape index (κ3) is 1.32. The molecule has 0 radical (unpaired) electrons. The second kappa shape index (κ2) is 3.14. The van der Waals surface area contributed by atoms with Gasteiger partial charge >= 0.3 is 0 Å². The quantitative estimate of drug-likeness (QED) is 0.708. The van der Waals surface area contributed by atoms with Gasteiger partial charge in [-0.1, -0.05) is 6.07 Å². The highest BCUT2D eigenvalue weighted by atomic mass is 32.2. The molecule has 2 rings (SSSR count). The van der Waals surface area contributed by atoms with E-state index >= 15 is 0 Å². The minimum atomic E-state index is -3.37. The molecule has 1 aliphatic rings. The van der Waals surface area contributed by atoms with Crippen LogP contribution in [0.1, 0.15) is 0 Å². The Hall–Kier alpha value is -1.27. The highest BCUT2D eigenvalue weighted by Crippen LogP contribution is 2.32. The van der Waals surface area contributed by atoms with E-state index in [1.807, 2.05) is 0 Å². The summed E-state index contributed by atoms with van der Waals surface area (Å²) in [6, 6.07) is 4.89. The molecule has 1 heterocycles. The lowest BCUT2D eigenvalue weighted by Gasteiger charge is -2.20. The van der Waals surface area contributed by atoms with Crippen molar-refractivity contribution in [2.24, 2.45) is 0 Å². The van der Waals surface area contributed by atoms with Gasteiger partial charge in [0.1, 0.15) is 10.6 Å². The molecule has 6 heteroatoms. The number of fused-ring (bicyclic) bond motifs is 1. The van der Waals surface area contributed by atoms with E-state index in [4.69, 9.17) is 4.74 Å². The summed E-state index contributed by atoms with van der Waals surface area (Å²) >= 11 is 0. The van der Waals surface area contributed by atoms with Gasteiger partial charge in [-0.3, -0.25) is 0 Å². The van der Waals surface area contributed by atoms with E-state index in [0.29, 0.717) is 11.4 Å². The number of hydrogen-bond donors (Lipinski definition) is 2. The van der Waals surface area contributed by atoms with E-state index in [-0.39, 0.29) is 11.6 Å². The topological polar surface area (TPSA) is 67.4 Å². The van der Waals surface area contributed by atoms with Crippen LogP contribution in [0.2, 0.25) is 0 Å². The molecule has 2 N–H and O–H groups in total. The number of benzene rings is 1. The number of hydrogen-bond acceptors (Lipinski definition) is 4. The lowest BCUT2D eigenvalue weighted by Crippen LogP contribution is -2.34. The predicted molar refractivity (Wildman–Crippen MR) is 51.8 cm³/mol. The summed E-state index contributed by atoms with van der Waals surface area (Å²) in [5.74, 6) is 0.535. The lowest BCUT2D eigenvalue weighted by atomic mass is 10.3. The Morgan fingerprint density at radius 2 is 2.21 bits per heavy atom. The summed E-state index contributed by atoms with van der Waals surface area (Å²) in [4.78, 5) is 0.225. The second-order valence-corrected chi connectivity index (χ2v) is 4.57. The van der Waals surface area contributed by atoms with Crippen molar-refractivity contribution in [1.29, 1.82) is 0 Å². The molecule has 0 atom stereocenters. The SMILES string of the molecule is COc1cccc2c1NCNS2(=O)=O. The first-order chi connectivity index (χ1) is 6.65. The molecule has 5 nitrogen and oxygen atoms in total. The summed E-state index contributed by atoms with van der Waals surface area (Å²) in [5.41, 5.74) is 0.522. The summed E-state index contributed by atoms with van der Waals surface area (Å²) in [7, 11) is -1.86. The molecule has 1 aliphatic heterocycles. The average molecular weight is 214 g/mol. The zero-order chi connectivity index (χ0) is 10.2.